The van der Waals surface area contributed by atoms with Gasteiger partial charge in [0.05, 0.1) is 13.2 Å². The molecular weight excluding hydrogens is 176 g/mol. The molecule has 3 heteroatoms. The van der Waals surface area contributed by atoms with Crippen LogP contribution in [0.4, 0.5) is 0 Å². The molecule has 0 spiro atoms. The van der Waals surface area contributed by atoms with E-state index in [9.17, 15) is 0 Å². The molecule has 68 valence electrons. The molecule has 0 heterocycles. The van der Waals surface area contributed by atoms with Gasteiger partial charge in [-0.05, 0) is 0 Å². The van der Waals surface area contributed by atoms with Gasteiger partial charge in [-0.25, -0.2) is 0 Å². The molecule has 0 radical (unpaired) electrons. The zero-order chi connectivity index (χ0) is 8.74. The first-order valence-electron chi connectivity index (χ1n) is 3.89. The molecule has 0 aliphatic heterocycles. The van der Waals surface area contributed by atoms with E-state index in [0.29, 0.717) is 4.75 Å². The van der Waals surface area contributed by atoms with E-state index in [0.717, 1.165) is 24.7 Å². The summed E-state index contributed by atoms with van der Waals surface area (Å²) in [7, 11) is 0. The van der Waals surface area contributed by atoms with Crippen LogP contribution in [0.1, 0.15) is 20.8 Å². The number of hydrogen-bond donors (Lipinski definition) is 1. The molecule has 0 N–H and O–H groups in total. The number of ether oxygens (including phenoxy) is 1. The van der Waals surface area contributed by atoms with Crippen molar-refractivity contribution in [2.45, 2.75) is 25.5 Å². The van der Waals surface area contributed by atoms with Crippen LogP contribution in [0.15, 0.2) is 0 Å². The summed E-state index contributed by atoms with van der Waals surface area (Å²) >= 11 is 5.98. The van der Waals surface area contributed by atoms with Crippen LogP contribution in [0.3, 0.4) is 0 Å². The fourth-order valence-corrected chi connectivity index (χ4v) is 1.52. The van der Waals surface area contributed by atoms with Crippen LogP contribution in [-0.2, 0) is 4.74 Å². The average molecular weight is 194 g/mol. The van der Waals surface area contributed by atoms with Crippen LogP contribution >= 0.6 is 24.4 Å². The van der Waals surface area contributed by atoms with Gasteiger partial charge in [-0.1, -0.05) is 20.8 Å². The van der Waals surface area contributed by atoms with E-state index in [1.54, 1.807) is 0 Å². The third-order valence-corrected chi connectivity index (χ3v) is 2.42. The van der Waals surface area contributed by atoms with E-state index in [1.807, 2.05) is 11.8 Å². The zero-order valence-corrected chi connectivity index (χ0v) is 9.30. The summed E-state index contributed by atoms with van der Waals surface area (Å²) in [5.41, 5.74) is 0. The summed E-state index contributed by atoms with van der Waals surface area (Å²) < 4.78 is 5.65. The third-order valence-electron chi connectivity index (χ3n) is 0.998. The molecule has 0 aromatic rings. The predicted octanol–water partition coefficient (Wildman–Crippen LogP) is 2.46. The summed E-state index contributed by atoms with van der Waals surface area (Å²) in [5.74, 6) is 1.90. The van der Waals surface area contributed by atoms with Gasteiger partial charge in [0.15, 0.2) is 0 Å². The molecule has 0 unspecified atom stereocenters. The highest BCUT2D eigenvalue weighted by atomic mass is 32.2. The molecule has 11 heavy (non-hydrogen) atoms. The minimum atomic E-state index is 0.365. The van der Waals surface area contributed by atoms with Gasteiger partial charge >= 0.3 is 0 Å². The lowest BCUT2D eigenvalue weighted by Gasteiger charge is -2.16. The largest absolute Gasteiger partial charge is 0.380 e. The molecular formula is C8H18OS2. The lowest BCUT2D eigenvalue weighted by molar-refractivity contribution is 0.167. The second-order valence-corrected chi connectivity index (χ2v) is 5.67. The second-order valence-electron chi connectivity index (χ2n) is 3.30. The van der Waals surface area contributed by atoms with Crippen molar-refractivity contribution >= 4 is 24.4 Å². The SMILES string of the molecule is CC(C)(C)SCCOCCS. The molecule has 0 aromatic heterocycles. The van der Waals surface area contributed by atoms with Gasteiger partial charge in [-0.2, -0.15) is 24.4 Å². The fourth-order valence-electron chi connectivity index (χ4n) is 0.573. The number of thioether (sulfide) groups is 1. The van der Waals surface area contributed by atoms with E-state index in [1.165, 1.54) is 0 Å². The smallest absolute Gasteiger partial charge is 0.0557 e. The monoisotopic (exact) mass is 194 g/mol. The van der Waals surface area contributed by atoms with Crippen LogP contribution in [0.5, 0.6) is 0 Å². The number of rotatable bonds is 5. The number of hydrogen-bond acceptors (Lipinski definition) is 3. The van der Waals surface area contributed by atoms with Crippen molar-refractivity contribution in [3.8, 4) is 0 Å². The quantitative estimate of drug-likeness (QED) is 0.532. The maximum Gasteiger partial charge on any atom is 0.0557 e. The predicted molar refractivity (Wildman–Crippen MR) is 56.9 cm³/mol. The Hall–Kier alpha value is 0.660. The van der Waals surface area contributed by atoms with Crippen molar-refractivity contribution in [2.24, 2.45) is 0 Å². The van der Waals surface area contributed by atoms with Gasteiger partial charge in [0.25, 0.3) is 0 Å². The summed E-state index contributed by atoms with van der Waals surface area (Å²) in [6, 6.07) is 0. The van der Waals surface area contributed by atoms with Crippen molar-refractivity contribution in [2.75, 3.05) is 24.7 Å². The van der Waals surface area contributed by atoms with Crippen LogP contribution in [-0.4, -0.2) is 29.5 Å². The lowest BCUT2D eigenvalue weighted by atomic mass is 10.3. The van der Waals surface area contributed by atoms with Crippen LogP contribution < -0.4 is 0 Å². The Bertz CT molecular complexity index is 88.6. The van der Waals surface area contributed by atoms with Crippen molar-refractivity contribution in [3.63, 3.8) is 0 Å². The van der Waals surface area contributed by atoms with E-state index in [4.69, 9.17) is 4.74 Å². The van der Waals surface area contributed by atoms with Crippen LogP contribution in [0, 0.1) is 0 Å². The Morgan fingerprint density at radius 3 is 2.36 bits per heavy atom. The second kappa shape index (κ2) is 6.21. The Morgan fingerprint density at radius 1 is 1.27 bits per heavy atom. The fraction of sp³-hybridized carbons (Fsp3) is 1.00. The first-order valence-corrected chi connectivity index (χ1v) is 5.50. The van der Waals surface area contributed by atoms with Gasteiger partial charge < -0.3 is 4.74 Å². The highest BCUT2D eigenvalue weighted by Gasteiger charge is 2.08. The van der Waals surface area contributed by atoms with Gasteiger partial charge in [-0.15, -0.1) is 0 Å². The van der Waals surface area contributed by atoms with Crippen molar-refractivity contribution in [3.05, 3.63) is 0 Å². The molecule has 0 aliphatic carbocycles. The molecule has 0 saturated carbocycles. The lowest BCUT2D eigenvalue weighted by Crippen LogP contribution is -2.11. The molecule has 0 amide bonds. The van der Waals surface area contributed by atoms with E-state index in [2.05, 4.69) is 33.4 Å². The molecule has 0 fully saturated rings. The highest BCUT2D eigenvalue weighted by molar-refractivity contribution is 8.00. The van der Waals surface area contributed by atoms with Gasteiger partial charge in [0.1, 0.15) is 0 Å². The first-order chi connectivity index (χ1) is 5.06. The van der Waals surface area contributed by atoms with Gasteiger partial charge in [0, 0.05) is 16.3 Å². The summed E-state index contributed by atoms with van der Waals surface area (Å²) in [6.45, 7) is 8.28. The number of thiol groups is 1. The van der Waals surface area contributed by atoms with Gasteiger partial charge in [-0.3, -0.25) is 0 Å². The summed E-state index contributed by atoms with van der Waals surface area (Å²) in [4.78, 5) is 0. The first kappa shape index (κ1) is 11.7. The van der Waals surface area contributed by atoms with E-state index in [-0.39, 0.29) is 0 Å². The van der Waals surface area contributed by atoms with Crippen molar-refractivity contribution < 1.29 is 4.74 Å². The minimum Gasteiger partial charge on any atom is -0.380 e. The Balaban J connectivity index is 3.02. The molecule has 0 rings (SSSR count). The van der Waals surface area contributed by atoms with E-state index >= 15 is 0 Å². The minimum absolute atomic E-state index is 0.365. The summed E-state index contributed by atoms with van der Waals surface area (Å²) in [5, 5.41) is 0. The highest BCUT2D eigenvalue weighted by Crippen LogP contribution is 2.22. The molecule has 0 atom stereocenters. The maximum atomic E-state index is 5.28. The van der Waals surface area contributed by atoms with Crippen molar-refractivity contribution in [1.82, 2.24) is 0 Å². The van der Waals surface area contributed by atoms with Crippen LogP contribution in [0.2, 0.25) is 0 Å². The Labute approximate surface area is 79.7 Å². The maximum absolute atomic E-state index is 5.28. The molecule has 0 bridgehead atoms. The molecule has 0 aliphatic rings. The Morgan fingerprint density at radius 2 is 1.91 bits per heavy atom. The van der Waals surface area contributed by atoms with E-state index < -0.39 is 0 Å². The summed E-state index contributed by atoms with van der Waals surface area (Å²) in [6.07, 6.45) is 0. The molecule has 0 saturated heterocycles. The molecule has 1 nitrogen and oxygen atoms in total. The van der Waals surface area contributed by atoms with Crippen molar-refractivity contribution in [1.29, 1.82) is 0 Å². The third kappa shape index (κ3) is 10.7. The van der Waals surface area contributed by atoms with Crippen LogP contribution in [0.25, 0.3) is 0 Å². The Kier molecular flexibility index (Phi) is 6.58. The molecule has 0 aromatic carbocycles. The standard InChI is InChI=1S/C8H18OS2/c1-8(2,3)11-7-5-9-4-6-10/h10H,4-7H2,1-3H3. The van der Waals surface area contributed by atoms with Gasteiger partial charge in [0.2, 0.25) is 0 Å². The average Bonchev–Trinajstić information content (AvgIpc) is 1.85. The normalized spacial score (nSPS) is 12.0. The topological polar surface area (TPSA) is 9.23 Å². The zero-order valence-electron chi connectivity index (χ0n) is 7.59.